The zero-order chi connectivity index (χ0) is 11.2. The highest BCUT2D eigenvalue weighted by Crippen LogP contribution is 2.48. The summed E-state index contributed by atoms with van der Waals surface area (Å²) >= 11 is 0. The molecule has 5 atom stereocenters. The molecule has 0 radical (unpaired) electrons. The van der Waals surface area contributed by atoms with E-state index in [-0.39, 0.29) is 0 Å². The Morgan fingerprint density at radius 3 is 2.40 bits per heavy atom. The minimum absolute atomic E-state index is 0.435. The lowest BCUT2D eigenvalue weighted by Gasteiger charge is -2.48. The Labute approximate surface area is 94.2 Å². The summed E-state index contributed by atoms with van der Waals surface area (Å²) in [6.45, 7) is 13.2. The van der Waals surface area contributed by atoms with E-state index in [1.807, 2.05) is 0 Å². The third kappa shape index (κ3) is 1.94. The SMILES string of the molecule is CC1CC2NNCC2C(C(C)(C)C)C1C. The quantitative estimate of drug-likeness (QED) is 0.641. The molecular weight excluding hydrogens is 184 g/mol. The van der Waals surface area contributed by atoms with E-state index >= 15 is 0 Å². The molecule has 2 rings (SSSR count). The van der Waals surface area contributed by atoms with E-state index in [9.17, 15) is 0 Å². The summed E-state index contributed by atoms with van der Waals surface area (Å²) in [5, 5.41) is 0. The van der Waals surface area contributed by atoms with E-state index in [1.165, 1.54) is 6.42 Å². The molecule has 1 aliphatic carbocycles. The van der Waals surface area contributed by atoms with Crippen LogP contribution in [0.15, 0.2) is 0 Å². The zero-order valence-electron chi connectivity index (χ0n) is 10.8. The predicted molar refractivity (Wildman–Crippen MR) is 64.3 cm³/mol. The van der Waals surface area contributed by atoms with E-state index in [2.05, 4.69) is 45.5 Å². The highest BCUT2D eigenvalue weighted by molar-refractivity contribution is 4.99. The molecule has 0 bridgehead atoms. The Bertz CT molecular complexity index is 231. The van der Waals surface area contributed by atoms with Crippen LogP contribution in [0.5, 0.6) is 0 Å². The molecule has 1 aliphatic heterocycles. The molecule has 1 saturated heterocycles. The maximum absolute atomic E-state index is 3.46. The van der Waals surface area contributed by atoms with Crippen LogP contribution >= 0.6 is 0 Å². The Morgan fingerprint density at radius 2 is 1.80 bits per heavy atom. The number of hydrogen-bond acceptors (Lipinski definition) is 2. The van der Waals surface area contributed by atoms with Gasteiger partial charge < -0.3 is 0 Å². The molecule has 2 N–H and O–H groups in total. The van der Waals surface area contributed by atoms with Gasteiger partial charge in [-0.3, -0.25) is 10.9 Å². The van der Waals surface area contributed by atoms with Crippen molar-refractivity contribution in [3.8, 4) is 0 Å². The minimum atomic E-state index is 0.435. The van der Waals surface area contributed by atoms with Crippen LogP contribution in [-0.4, -0.2) is 12.6 Å². The maximum atomic E-state index is 3.46. The van der Waals surface area contributed by atoms with Gasteiger partial charge in [0.15, 0.2) is 0 Å². The lowest BCUT2D eigenvalue weighted by Crippen LogP contribution is -2.48. The Kier molecular flexibility index (Phi) is 2.85. The average molecular weight is 210 g/mol. The van der Waals surface area contributed by atoms with Crippen LogP contribution in [0.4, 0.5) is 0 Å². The van der Waals surface area contributed by atoms with Crippen molar-refractivity contribution in [3.63, 3.8) is 0 Å². The maximum Gasteiger partial charge on any atom is 0.0259 e. The molecule has 2 heteroatoms. The highest BCUT2D eigenvalue weighted by atomic mass is 15.4. The van der Waals surface area contributed by atoms with Crippen LogP contribution in [-0.2, 0) is 0 Å². The van der Waals surface area contributed by atoms with Gasteiger partial charge in [-0.1, -0.05) is 34.6 Å². The van der Waals surface area contributed by atoms with Gasteiger partial charge in [0.2, 0.25) is 0 Å². The molecule has 0 aromatic rings. The number of nitrogens with one attached hydrogen (secondary N) is 2. The molecule has 0 spiro atoms. The van der Waals surface area contributed by atoms with Gasteiger partial charge in [-0.25, -0.2) is 0 Å². The normalized spacial score (nSPS) is 46.6. The summed E-state index contributed by atoms with van der Waals surface area (Å²) in [6, 6.07) is 0.709. The summed E-state index contributed by atoms with van der Waals surface area (Å²) < 4.78 is 0. The van der Waals surface area contributed by atoms with Crippen LogP contribution in [0.2, 0.25) is 0 Å². The molecule has 2 aliphatic rings. The molecule has 1 saturated carbocycles. The molecule has 0 aromatic heterocycles. The largest absolute Gasteiger partial charge is 0.257 e. The first-order chi connectivity index (χ1) is 6.91. The number of rotatable bonds is 0. The van der Waals surface area contributed by atoms with Gasteiger partial charge >= 0.3 is 0 Å². The third-order valence-electron chi connectivity index (χ3n) is 4.69. The molecule has 0 amide bonds. The van der Waals surface area contributed by atoms with Gasteiger partial charge in [0.05, 0.1) is 0 Å². The van der Waals surface area contributed by atoms with Crippen molar-refractivity contribution in [2.24, 2.45) is 29.1 Å². The summed E-state index contributed by atoms with van der Waals surface area (Å²) in [6.07, 6.45) is 1.34. The van der Waals surface area contributed by atoms with Crippen LogP contribution in [0.1, 0.15) is 41.0 Å². The topological polar surface area (TPSA) is 24.1 Å². The molecule has 0 aromatic carbocycles. The standard InChI is InChI=1S/C13H26N2/c1-8-6-11-10(7-14-15-11)12(9(8)2)13(3,4)5/h8-12,14-15H,6-7H2,1-5H3. The molecule has 2 fully saturated rings. The average Bonchev–Trinajstić information content (AvgIpc) is 2.50. The van der Waals surface area contributed by atoms with Gasteiger partial charge in [-0.05, 0) is 35.5 Å². The fraction of sp³-hybridized carbons (Fsp3) is 1.00. The predicted octanol–water partition coefficient (Wildman–Crippen LogP) is 2.42. The first-order valence-electron chi connectivity index (χ1n) is 6.39. The van der Waals surface area contributed by atoms with Crippen molar-refractivity contribution >= 4 is 0 Å². The molecule has 2 nitrogen and oxygen atoms in total. The summed E-state index contributed by atoms with van der Waals surface area (Å²) in [5.41, 5.74) is 7.25. The zero-order valence-corrected chi connectivity index (χ0v) is 10.8. The Balaban J connectivity index is 2.23. The lowest BCUT2D eigenvalue weighted by atomic mass is 9.58. The van der Waals surface area contributed by atoms with E-state index in [4.69, 9.17) is 0 Å². The van der Waals surface area contributed by atoms with Gasteiger partial charge in [-0.15, -0.1) is 0 Å². The summed E-state index contributed by atoms with van der Waals surface area (Å²) in [5.74, 6) is 3.38. The van der Waals surface area contributed by atoms with E-state index in [0.717, 1.165) is 30.2 Å². The molecule has 1 heterocycles. The van der Waals surface area contributed by atoms with Crippen LogP contribution in [0.25, 0.3) is 0 Å². The van der Waals surface area contributed by atoms with E-state index < -0.39 is 0 Å². The van der Waals surface area contributed by atoms with Crippen molar-refractivity contribution in [1.82, 2.24) is 10.9 Å². The van der Waals surface area contributed by atoms with Crippen molar-refractivity contribution in [2.75, 3.05) is 6.54 Å². The highest BCUT2D eigenvalue weighted by Gasteiger charge is 2.47. The van der Waals surface area contributed by atoms with Crippen LogP contribution in [0.3, 0.4) is 0 Å². The molecule has 88 valence electrons. The Morgan fingerprint density at radius 1 is 1.13 bits per heavy atom. The monoisotopic (exact) mass is 210 g/mol. The van der Waals surface area contributed by atoms with Gasteiger partial charge in [-0.2, -0.15) is 0 Å². The van der Waals surface area contributed by atoms with E-state index in [1.54, 1.807) is 0 Å². The summed E-state index contributed by atoms with van der Waals surface area (Å²) in [7, 11) is 0. The van der Waals surface area contributed by atoms with Crippen molar-refractivity contribution in [2.45, 2.75) is 47.1 Å². The first-order valence-corrected chi connectivity index (χ1v) is 6.39. The van der Waals surface area contributed by atoms with Crippen molar-refractivity contribution < 1.29 is 0 Å². The summed E-state index contributed by atoms with van der Waals surface area (Å²) in [4.78, 5) is 0. The smallest absolute Gasteiger partial charge is 0.0259 e. The second-order valence-electron chi connectivity index (χ2n) is 6.76. The fourth-order valence-corrected chi connectivity index (χ4v) is 3.96. The number of fused-ring (bicyclic) bond motifs is 1. The Hall–Kier alpha value is -0.0800. The van der Waals surface area contributed by atoms with Gasteiger partial charge in [0.25, 0.3) is 0 Å². The molecular formula is C13H26N2. The molecule has 5 unspecified atom stereocenters. The van der Waals surface area contributed by atoms with Gasteiger partial charge in [0.1, 0.15) is 0 Å². The van der Waals surface area contributed by atoms with Gasteiger partial charge in [0, 0.05) is 12.6 Å². The minimum Gasteiger partial charge on any atom is -0.257 e. The van der Waals surface area contributed by atoms with E-state index in [0.29, 0.717) is 11.5 Å². The van der Waals surface area contributed by atoms with Crippen LogP contribution in [0, 0.1) is 29.1 Å². The van der Waals surface area contributed by atoms with Crippen molar-refractivity contribution in [1.29, 1.82) is 0 Å². The first kappa shape index (κ1) is 11.4. The second kappa shape index (κ2) is 3.74. The lowest BCUT2D eigenvalue weighted by molar-refractivity contribution is 0.0223. The fourth-order valence-electron chi connectivity index (χ4n) is 3.96. The van der Waals surface area contributed by atoms with Crippen LogP contribution < -0.4 is 10.9 Å². The number of hydrazine groups is 1. The molecule has 15 heavy (non-hydrogen) atoms. The van der Waals surface area contributed by atoms with Crippen molar-refractivity contribution in [3.05, 3.63) is 0 Å². The third-order valence-corrected chi connectivity index (χ3v) is 4.69. The second-order valence-corrected chi connectivity index (χ2v) is 6.76. The number of hydrogen-bond donors (Lipinski definition) is 2.